The van der Waals surface area contributed by atoms with Crippen molar-refractivity contribution in [1.29, 1.82) is 0 Å². The molecule has 1 aliphatic rings. The molecular formula is C14H15BClN. The Kier molecular flexibility index (Phi) is 3.95. The maximum absolute atomic E-state index is 6.20. The molecule has 86 valence electrons. The molecule has 3 heteroatoms. The second kappa shape index (κ2) is 5.46. The van der Waals surface area contributed by atoms with Crippen LogP contribution in [0.5, 0.6) is 0 Å². The van der Waals surface area contributed by atoms with Gasteiger partial charge in [0, 0.05) is 23.7 Å². The quantitative estimate of drug-likeness (QED) is 0.805. The molecule has 17 heavy (non-hydrogen) atoms. The van der Waals surface area contributed by atoms with Gasteiger partial charge < -0.3 is 5.32 Å². The van der Waals surface area contributed by atoms with Gasteiger partial charge in [0.15, 0.2) is 0 Å². The molecule has 1 nitrogen and oxygen atoms in total. The van der Waals surface area contributed by atoms with Gasteiger partial charge in [0.05, 0.1) is 0 Å². The maximum atomic E-state index is 6.20. The third-order valence-corrected chi connectivity index (χ3v) is 3.26. The van der Waals surface area contributed by atoms with Crippen LogP contribution in [0.3, 0.4) is 0 Å². The van der Waals surface area contributed by atoms with Crippen molar-refractivity contribution in [3.8, 4) is 0 Å². The summed E-state index contributed by atoms with van der Waals surface area (Å²) in [6, 6.07) is 6.28. The standard InChI is InChI=1S/C14H15BClN/c1-2-11-4-3-10(8-14(11)16)7-13-6-5-12(15)9-17-13/h3-6,8,17H,2,7,9H2,1H3. The number of benzene rings is 1. The predicted molar refractivity (Wildman–Crippen MR) is 74.5 cm³/mol. The van der Waals surface area contributed by atoms with Crippen LogP contribution in [0, 0.1) is 0 Å². The van der Waals surface area contributed by atoms with E-state index in [1.165, 1.54) is 16.8 Å². The van der Waals surface area contributed by atoms with Gasteiger partial charge in [0.1, 0.15) is 7.85 Å². The first-order valence-electron chi connectivity index (χ1n) is 5.85. The third kappa shape index (κ3) is 3.16. The highest BCUT2D eigenvalue weighted by molar-refractivity contribution is 6.31. The molecule has 0 amide bonds. The number of halogens is 1. The molecule has 2 radical (unpaired) electrons. The van der Waals surface area contributed by atoms with Crippen molar-refractivity contribution in [1.82, 2.24) is 5.32 Å². The summed E-state index contributed by atoms with van der Waals surface area (Å²) in [4.78, 5) is 0. The SMILES string of the molecule is [B]C1=CC=C(Cc2ccc(CC)c(Cl)c2)NC1. The molecule has 0 bridgehead atoms. The third-order valence-electron chi connectivity index (χ3n) is 2.91. The van der Waals surface area contributed by atoms with Crippen molar-refractivity contribution in [2.45, 2.75) is 19.8 Å². The molecule has 0 fully saturated rings. The molecule has 1 aromatic rings. The Morgan fingerprint density at radius 2 is 2.18 bits per heavy atom. The molecule has 1 N–H and O–H groups in total. The normalized spacial score (nSPS) is 14.9. The largest absolute Gasteiger partial charge is 0.385 e. The van der Waals surface area contributed by atoms with Gasteiger partial charge in [-0.3, -0.25) is 0 Å². The second-order valence-electron chi connectivity index (χ2n) is 4.24. The summed E-state index contributed by atoms with van der Waals surface area (Å²) < 4.78 is 0. The van der Waals surface area contributed by atoms with Gasteiger partial charge in [-0.15, -0.1) is 0 Å². The number of allylic oxidation sites excluding steroid dienone is 3. The van der Waals surface area contributed by atoms with Crippen molar-refractivity contribution in [3.63, 3.8) is 0 Å². The lowest BCUT2D eigenvalue weighted by Crippen LogP contribution is -2.21. The number of dihydropyridines is 1. The van der Waals surface area contributed by atoms with Crippen LogP contribution < -0.4 is 5.32 Å². The van der Waals surface area contributed by atoms with E-state index >= 15 is 0 Å². The molecule has 0 saturated carbocycles. The summed E-state index contributed by atoms with van der Waals surface area (Å²) in [5.74, 6) is 0. The number of aryl methyl sites for hydroxylation is 1. The van der Waals surface area contributed by atoms with E-state index in [1.807, 2.05) is 18.2 Å². The van der Waals surface area contributed by atoms with Gasteiger partial charge >= 0.3 is 0 Å². The van der Waals surface area contributed by atoms with E-state index in [0.29, 0.717) is 0 Å². The molecule has 1 aliphatic heterocycles. The Morgan fingerprint density at radius 3 is 2.76 bits per heavy atom. The van der Waals surface area contributed by atoms with E-state index < -0.39 is 0 Å². The van der Waals surface area contributed by atoms with Crippen LogP contribution in [0.15, 0.2) is 41.5 Å². The molecule has 0 spiro atoms. The van der Waals surface area contributed by atoms with Crippen molar-refractivity contribution in [2.24, 2.45) is 0 Å². The number of hydrogen-bond acceptors (Lipinski definition) is 1. The molecule has 0 unspecified atom stereocenters. The smallest absolute Gasteiger partial charge is 0.110 e. The van der Waals surface area contributed by atoms with Crippen LogP contribution in [0.4, 0.5) is 0 Å². The lowest BCUT2D eigenvalue weighted by Gasteiger charge is -2.16. The van der Waals surface area contributed by atoms with Gasteiger partial charge in [-0.25, -0.2) is 0 Å². The highest BCUT2D eigenvalue weighted by Crippen LogP contribution is 2.20. The zero-order valence-electron chi connectivity index (χ0n) is 9.96. The highest BCUT2D eigenvalue weighted by Gasteiger charge is 2.05. The van der Waals surface area contributed by atoms with Crippen LogP contribution >= 0.6 is 11.6 Å². The minimum absolute atomic E-state index is 0.729. The number of rotatable bonds is 3. The van der Waals surface area contributed by atoms with Crippen LogP contribution in [0.1, 0.15) is 18.1 Å². The zero-order valence-corrected chi connectivity index (χ0v) is 10.7. The molecule has 1 heterocycles. The Labute approximate surface area is 109 Å². The van der Waals surface area contributed by atoms with Gasteiger partial charge in [0.25, 0.3) is 0 Å². The fraction of sp³-hybridized carbons (Fsp3) is 0.286. The number of nitrogens with one attached hydrogen (secondary N) is 1. The lowest BCUT2D eigenvalue weighted by molar-refractivity contribution is 0.838. The van der Waals surface area contributed by atoms with Crippen molar-refractivity contribution in [3.05, 3.63) is 57.7 Å². The summed E-state index contributed by atoms with van der Waals surface area (Å²) in [7, 11) is 5.69. The average Bonchev–Trinajstić information content (AvgIpc) is 2.32. The lowest BCUT2D eigenvalue weighted by atomic mass is 9.92. The zero-order chi connectivity index (χ0) is 12.3. The Morgan fingerprint density at radius 1 is 1.35 bits per heavy atom. The van der Waals surface area contributed by atoms with E-state index in [9.17, 15) is 0 Å². The van der Waals surface area contributed by atoms with Gasteiger partial charge in [-0.2, -0.15) is 0 Å². The summed E-state index contributed by atoms with van der Waals surface area (Å²) in [6.07, 6.45) is 5.82. The van der Waals surface area contributed by atoms with Crippen molar-refractivity contribution < 1.29 is 0 Å². The van der Waals surface area contributed by atoms with E-state index in [2.05, 4.69) is 24.4 Å². The summed E-state index contributed by atoms with van der Waals surface area (Å²) >= 11 is 6.20. The van der Waals surface area contributed by atoms with Crippen molar-refractivity contribution in [2.75, 3.05) is 6.54 Å². The summed E-state index contributed by atoms with van der Waals surface area (Å²) in [5.41, 5.74) is 4.47. The minimum atomic E-state index is 0.729. The summed E-state index contributed by atoms with van der Waals surface area (Å²) in [5, 5.41) is 4.15. The van der Waals surface area contributed by atoms with E-state index in [-0.39, 0.29) is 0 Å². The van der Waals surface area contributed by atoms with Crippen LogP contribution in [0.2, 0.25) is 5.02 Å². The summed E-state index contributed by atoms with van der Waals surface area (Å²) in [6.45, 7) is 2.84. The predicted octanol–water partition coefficient (Wildman–Crippen LogP) is 2.98. The molecule has 0 atom stereocenters. The van der Waals surface area contributed by atoms with E-state index in [1.54, 1.807) is 0 Å². The highest BCUT2D eigenvalue weighted by atomic mass is 35.5. The maximum Gasteiger partial charge on any atom is 0.110 e. The van der Waals surface area contributed by atoms with Crippen LogP contribution in [-0.2, 0) is 12.8 Å². The Hall–Kier alpha value is -1.15. The fourth-order valence-electron chi connectivity index (χ4n) is 1.87. The molecule has 0 aromatic heterocycles. The molecule has 0 aliphatic carbocycles. The Bertz CT molecular complexity index is 477. The van der Waals surface area contributed by atoms with Gasteiger partial charge in [-0.05, 0) is 29.7 Å². The van der Waals surface area contributed by atoms with Crippen molar-refractivity contribution >= 4 is 19.4 Å². The average molecular weight is 244 g/mol. The number of hydrogen-bond donors (Lipinski definition) is 1. The first kappa shape index (κ1) is 12.3. The van der Waals surface area contributed by atoms with E-state index in [4.69, 9.17) is 19.4 Å². The minimum Gasteiger partial charge on any atom is -0.385 e. The van der Waals surface area contributed by atoms with Gasteiger partial charge in [0.2, 0.25) is 0 Å². The Balaban J connectivity index is 2.12. The second-order valence-corrected chi connectivity index (χ2v) is 4.65. The monoisotopic (exact) mass is 243 g/mol. The molecular weight excluding hydrogens is 228 g/mol. The molecule has 2 rings (SSSR count). The molecule has 1 aromatic carbocycles. The van der Waals surface area contributed by atoms with Gasteiger partial charge in [-0.1, -0.05) is 42.2 Å². The topological polar surface area (TPSA) is 12.0 Å². The first-order valence-corrected chi connectivity index (χ1v) is 6.23. The van der Waals surface area contributed by atoms with Crippen LogP contribution in [-0.4, -0.2) is 14.4 Å². The first-order chi connectivity index (χ1) is 8.19. The van der Waals surface area contributed by atoms with E-state index in [0.717, 1.165) is 29.9 Å². The molecule has 0 saturated heterocycles. The fourth-order valence-corrected chi connectivity index (χ4v) is 2.21. The van der Waals surface area contributed by atoms with Crippen LogP contribution in [0.25, 0.3) is 0 Å².